The lowest BCUT2D eigenvalue weighted by molar-refractivity contribution is 0.228. The Hall–Kier alpha value is -1.46. The summed E-state index contributed by atoms with van der Waals surface area (Å²) in [5.74, 6) is 6.42. The van der Waals surface area contributed by atoms with Crippen molar-refractivity contribution in [1.29, 1.82) is 0 Å². The lowest BCUT2D eigenvalue weighted by Gasteiger charge is -1.99. The first-order chi connectivity index (χ1) is 6.76. The van der Waals surface area contributed by atoms with Crippen molar-refractivity contribution < 1.29 is 9.84 Å². The maximum absolute atomic E-state index is 9.24. The van der Waals surface area contributed by atoms with Crippen molar-refractivity contribution in [3.05, 3.63) is 29.8 Å². The van der Waals surface area contributed by atoms with Gasteiger partial charge in [0.15, 0.2) is 0 Å². The van der Waals surface area contributed by atoms with E-state index in [1.54, 1.807) is 7.11 Å². The molecule has 1 atom stereocenters. The maximum Gasteiger partial charge on any atom is 0.120 e. The predicted molar refractivity (Wildman–Crippen MR) is 56.2 cm³/mol. The lowest BCUT2D eigenvalue weighted by Crippen LogP contribution is -1.98. The van der Waals surface area contributed by atoms with E-state index in [2.05, 4.69) is 11.8 Å². The number of aliphatic hydroxyl groups is 1. The van der Waals surface area contributed by atoms with Crippen molar-refractivity contribution >= 4 is 0 Å². The molecule has 74 valence electrons. The Balaban J connectivity index is 2.79. The molecule has 1 unspecified atom stereocenters. The van der Waals surface area contributed by atoms with E-state index in [9.17, 15) is 5.11 Å². The quantitative estimate of drug-likeness (QED) is 0.721. The van der Waals surface area contributed by atoms with Gasteiger partial charge in [-0.25, -0.2) is 0 Å². The summed E-state index contributed by atoms with van der Waals surface area (Å²) in [5.41, 5.74) is 0.858. The van der Waals surface area contributed by atoms with Gasteiger partial charge in [0.25, 0.3) is 0 Å². The number of hydrogen-bond acceptors (Lipinski definition) is 2. The molecule has 1 N–H and O–H groups in total. The van der Waals surface area contributed by atoms with Crippen LogP contribution in [0.4, 0.5) is 0 Å². The van der Waals surface area contributed by atoms with Crippen molar-refractivity contribution in [1.82, 2.24) is 0 Å². The molecule has 0 fully saturated rings. The van der Waals surface area contributed by atoms with E-state index in [1.165, 1.54) is 0 Å². The fourth-order valence-corrected chi connectivity index (χ4v) is 0.970. The average Bonchev–Trinajstić information content (AvgIpc) is 2.26. The zero-order valence-corrected chi connectivity index (χ0v) is 8.45. The standard InChI is InChI=1S/C12H14O2/c1-3-11(13)8-7-10-5-4-6-12(9-10)14-2/h4-6,9,11,13H,3H2,1-2H3. The third-order valence-electron chi connectivity index (χ3n) is 1.84. The maximum atomic E-state index is 9.24. The Labute approximate surface area is 84.5 Å². The topological polar surface area (TPSA) is 29.5 Å². The van der Waals surface area contributed by atoms with Crippen molar-refractivity contribution in [3.63, 3.8) is 0 Å². The van der Waals surface area contributed by atoms with Crippen LogP contribution >= 0.6 is 0 Å². The number of hydrogen-bond donors (Lipinski definition) is 1. The van der Waals surface area contributed by atoms with Crippen LogP contribution in [0, 0.1) is 11.8 Å². The highest BCUT2D eigenvalue weighted by Crippen LogP contribution is 2.11. The van der Waals surface area contributed by atoms with Crippen LogP contribution in [0.2, 0.25) is 0 Å². The normalized spacial score (nSPS) is 11.4. The van der Waals surface area contributed by atoms with Gasteiger partial charge in [0.1, 0.15) is 11.9 Å². The highest BCUT2D eigenvalue weighted by Gasteiger charge is 1.93. The van der Waals surface area contributed by atoms with Crippen molar-refractivity contribution in [2.75, 3.05) is 7.11 Å². The van der Waals surface area contributed by atoms with Crippen molar-refractivity contribution in [2.24, 2.45) is 0 Å². The van der Waals surface area contributed by atoms with E-state index in [1.807, 2.05) is 31.2 Å². The van der Waals surface area contributed by atoms with Gasteiger partial charge in [-0.15, -0.1) is 0 Å². The van der Waals surface area contributed by atoms with Gasteiger partial charge in [0.2, 0.25) is 0 Å². The molecular formula is C12H14O2. The number of ether oxygens (including phenoxy) is 1. The summed E-state index contributed by atoms with van der Waals surface area (Å²) < 4.78 is 5.06. The van der Waals surface area contributed by atoms with Crippen LogP contribution in [0.25, 0.3) is 0 Å². The fourth-order valence-electron chi connectivity index (χ4n) is 0.970. The first kappa shape index (κ1) is 10.6. The molecule has 0 amide bonds. The Morgan fingerprint density at radius 3 is 2.93 bits per heavy atom. The molecule has 0 aliphatic heterocycles. The summed E-state index contributed by atoms with van der Waals surface area (Å²) in [6, 6.07) is 7.47. The predicted octanol–water partition coefficient (Wildman–Crippen LogP) is 1.82. The van der Waals surface area contributed by atoms with Crippen molar-refractivity contribution in [2.45, 2.75) is 19.4 Å². The average molecular weight is 190 g/mol. The third-order valence-corrected chi connectivity index (χ3v) is 1.84. The van der Waals surface area contributed by atoms with Gasteiger partial charge in [0, 0.05) is 5.56 Å². The molecule has 1 rings (SSSR count). The Bertz CT molecular complexity index is 347. The first-order valence-electron chi connectivity index (χ1n) is 4.60. The molecule has 0 bridgehead atoms. The highest BCUT2D eigenvalue weighted by molar-refractivity contribution is 5.40. The number of aliphatic hydroxyl groups excluding tert-OH is 1. The van der Waals surface area contributed by atoms with E-state index < -0.39 is 6.10 Å². The van der Waals surface area contributed by atoms with Gasteiger partial charge in [0.05, 0.1) is 7.11 Å². The molecule has 2 nitrogen and oxygen atoms in total. The zero-order chi connectivity index (χ0) is 10.4. The summed E-state index contributed by atoms with van der Waals surface area (Å²) in [5, 5.41) is 9.24. The Kier molecular flexibility index (Phi) is 4.03. The van der Waals surface area contributed by atoms with Gasteiger partial charge in [-0.05, 0) is 24.6 Å². The summed E-state index contributed by atoms with van der Waals surface area (Å²) in [6.45, 7) is 1.89. The molecule has 2 heteroatoms. The molecule has 14 heavy (non-hydrogen) atoms. The SMILES string of the molecule is CCC(O)C#Cc1cccc(OC)c1. The Morgan fingerprint density at radius 2 is 2.29 bits per heavy atom. The first-order valence-corrected chi connectivity index (χ1v) is 4.60. The van der Waals surface area contributed by atoms with Crippen LogP contribution in [0.3, 0.4) is 0 Å². The van der Waals surface area contributed by atoms with Crippen molar-refractivity contribution in [3.8, 4) is 17.6 Å². The second-order valence-corrected chi connectivity index (χ2v) is 2.93. The molecule has 1 aromatic carbocycles. The van der Waals surface area contributed by atoms with E-state index in [0.717, 1.165) is 11.3 Å². The van der Waals surface area contributed by atoms with Crippen LogP contribution in [0.1, 0.15) is 18.9 Å². The largest absolute Gasteiger partial charge is 0.497 e. The molecule has 0 spiro atoms. The van der Waals surface area contributed by atoms with E-state index in [4.69, 9.17) is 4.74 Å². The second kappa shape index (κ2) is 5.31. The summed E-state index contributed by atoms with van der Waals surface area (Å²) in [4.78, 5) is 0. The van der Waals surface area contributed by atoms with Crippen LogP contribution in [0.5, 0.6) is 5.75 Å². The highest BCUT2D eigenvalue weighted by atomic mass is 16.5. The molecule has 0 aliphatic rings. The minimum atomic E-state index is -0.541. The molecule has 0 saturated carbocycles. The van der Waals surface area contributed by atoms with E-state index in [0.29, 0.717) is 6.42 Å². The minimum Gasteiger partial charge on any atom is -0.497 e. The van der Waals surface area contributed by atoms with E-state index >= 15 is 0 Å². The number of benzene rings is 1. The smallest absolute Gasteiger partial charge is 0.120 e. The van der Waals surface area contributed by atoms with Crippen LogP contribution in [-0.4, -0.2) is 18.3 Å². The summed E-state index contributed by atoms with van der Waals surface area (Å²) in [6.07, 6.45) is 0.109. The molecule has 0 aromatic heterocycles. The van der Waals surface area contributed by atoms with Crippen LogP contribution in [0.15, 0.2) is 24.3 Å². The van der Waals surface area contributed by atoms with Gasteiger partial charge < -0.3 is 9.84 Å². The van der Waals surface area contributed by atoms with Crippen LogP contribution in [-0.2, 0) is 0 Å². The van der Waals surface area contributed by atoms with Gasteiger partial charge in [-0.1, -0.05) is 24.8 Å². The van der Waals surface area contributed by atoms with Crippen LogP contribution < -0.4 is 4.74 Å². The molecule has 0 radical (unpaired) electrons. The van der Waals surface area contributed by atoms with Gasteiger partial charge in [-0.3, -0.25) is 0 Å². The molecule has 0 heterocycles. The fraction of sp³-hybridized carbons (Fsp3) is 0.333. The molecule has 0 aliphatic carbocycles. The number of methoxy groups -OCH3 is 1. The summed E-state index contributed by atoms with van der Waals surface area (Å²) >= 11 is 0. The molecule has 0 saturated heterocycles. The third kappa shape index (κ3) is 3.12. The zero-order valence-electron chi connectivity index (χ0n) is 8.45. The summed E-state index contributed by atoms with van der Waals surface area (Å²) in [7, 11) is 1.62. The Morgan fingerprint density at radius 1 is 1.50 bits per heavy atom. The van der Waals surface area contributed by atoms with Gasteiger partial charge in [-0.2, -0.15) is 0 Å². The van der Waals surface area contributed by atoms with E-state index in [-0.39, 0.29) is 0 Å². The lowest BCUT2D eigenvalue weighted by atomic mass is 10.2. The number of rotatable bonds is 2. The van der Waals surface area contributed by atoms with Gasteiger partial charge >= 0.3 is 0 Å². The second-order valence-electron chi connectivity index (χ2n) is 2.93. The monoisotopic (exact) mass is 190 g/mol. The molecule has 1 aromatic rings. The molecular weight excluding hydrogens is 176 g/mol. The minimum absolute atomic E-state index is 0.541.